The molecular formula is C20H48HfN4. The molecule has 0 amide bonds. The van der Waals surface area contributed by atoms with Crippen LogP contribution in [0.25, 0.3) is 0 Å². The Labute approximate surface area is 165 Å². The normalized spacial score (nSPS) is 15.8. The van der Waals surface area contributed by atoms with E-state index in [0.717, 1.165) is 0 Å². The molecule has 0 radical (unpaired) electrons. The van der Waals surface area contributed by atoms with Gasteiger partial charge in [-0.25, -0.2) is 0 Å². The van der Waals surface area contributed by atoms with Crippen LogP contribution >= 0.6 is 0 Å². The Hall–Kier alpha value is 0.710. The average Bonchev–Trinajstić information content (AvgIpc) is 2.18. The molecule has 0 fully saturated rings. The SMILES string of the molecule is C[N](C)[Hf]([N](C)C)([N](C(C)(C)C)C(C)(C)C)[N](C(C)(C)C)C(C)(C)C. The summed E-state index contributed by atoms with van der Waals surface area (Å²) in [5.41, 5.74) is 0.290. The number of nitrogens with zero attached hydrogens (tertiary/aromatic N) is 4. The molecule has 0 bridgehead atoms. The van der Waals surface area contributed by atoms with Crippen LogP contribution in [0, 0.1) is 0 Å². The van der Waals surface area contributed by atoms with Gasteiger partial charge in [0.15, 0.2) is 0 Å². The van der Waals surface area contributed by atoms with Crippen molar-refractivity contribution in [1.29, 1.82) is 0 Å². The summed E-state index contributed by atoms with van der Waals surface area (Å²) in [5.74, 6) is 0. The van der Waals surface area contributed by atoms with E-state index < -0.39 is 21.1 Å². The van der Waals surface area contributed by atoms with Crippen molar-refractivity contribution in [2.75, 3.05) is 28.2 Å². The topological polar surface area (TPSA) is 13.0 Å². The summed E-state index contributed by atoms with van der Waals surface area (Å²) in [5, 5.41) is 0. The van der Waals surface area contributed by atoms with Crippen molar-refractivity contribution in [1.82, 2.24) is 11.6 Å². The van der Waals surface area contributed by atoms with Gasteiger partial charge in [0.1, 0.15) is 0 Å². The molecule has 0 saturated carbocycles. The summed E-state index contributed by atoms with van der Waals surface area (Å²) in [6.07, 6.45) is 0. The van der Waals surface area contributed by atoms with E-state index in [9.17, 15) is 0 Å². The molecule has 0 atom stereocenters. The van der Waals surface area contributed by atoms with Gasteiger partial charge in [0.2, 0.25) is 0 Å². The molecule has 0 saturated heterocycles. The molecule has 0 aliphatic heterocycles. The Kier molecular flexibility index (Phi) is 7.83. The predicted octanol–water partition coefficient (Wildman–Crippen LogP) is 4.72. The van der Waals surface area contributed by atoms with Gasteiger partial charge in [0.05, 0.1) is 0 Å². The van der Waals surface area contributed by atoms with Crippen LogP contribution in [0.1, 0.15) is 83.1 Å². The summed E-state index contributed by atoms with van der Waals surface area (Å²) in [6.45, 7) is 28.5. The predicted molar refractivity (Wildman–Crippen MR) is 110 cm³/mol. The molecule has 0 aromatic heterocycles. The number of hydrogen-bond donors (Lipinski definition) is 0. The number of rotatable bonds is 4. The van der Waals surface area contributed by atoms with E-state index in [1.807, 2.05) is 0 Å². The summed E-state index contributed by atoms with van der Waals surface area (Å²) in [4.78, 5) is 0. The molecule has 0 aliphatic carbocycles. The van der Waals surface area contributed by atoms with Crippen LogP contribution in [0.2, 0.25) is 0 Å². The molecule has 0 aromatic carbocycles. The number of hydrogen-bond acceptors (Lipinski definition) is 4. The van der Waals surface area contributed by atoms with Crippen molar-refractivity contribution in [3.8, 4) is 0 Å². The molecule has 0 aliphatic rings. The maximum absolute atomic E-state index is 3.63. The molecule has 0 unspecified atom stereocenters. The Bertz CT molecular complexity index is 361. The zero-order valence-electron chi connectivity index (χ0n) is 20.3. The van der Waals surface area contributed by atoms with Gasteiger partial charge in [-0.15, -0.1) is 0 Å². The Morgan fingerprint density at radius 1 is 0.400 bits per heavy atom. The van der Waals surface area contributed by atoms with E-state index in [2.05, 4.69) is 123 Å². The fourth-order valence-corrected chi connectivity index (χ4v) is 27.4. The fraction of sp³-hybridized carbons (Fsp3) is 1.00. The molecule has 0 heterocycles. The maximum atomic E-state index is 2.88. The first-order valence-electron chi connectivity index (χ1n) is 9.58. The van der Waals surface area contributed by atoms with E-state index >= 15 is 0 Å². The van der Waals surface area contributed by atoms with E-state index in [4.69, 9.17) is 0 Å². The first-order valence-corrected chi connectivity index (χ1v) is 16.0. The minimum atomic E-state index is -3.63. The van der Waals surface area contributed by atoms with Gasteiger partial charge in [-0.1, -0.05) is 0 Å². The van der Waals surface area contributed by atoms with Crippen molar-refractivity contribution < 1.29 is 21.1 Å². The zero-order chi connectivity index (χ0) is 20.8. The van der Waals surface area contributed by atoms with Crippen LogP contribution in [0.3, 0.4) is 0 Å². The summed E-state index contributed by atoms with van der Waals surface area (Å²) in [7, 11) is 9.21. The van der Waals surface area contributed by atoms with Gasteiger partial charge >= 0.3 is 166 Å². The third kappa shape index (κ3) is 5.37. The Balaban J connectivity index is 7.19. The van der Waals surface area contributed by atoms with Gasteiger partial charge in [0.25, 0.3) is 0 Å². The molecule has 0 N–H and O–H groups in total. The second kappa shape index (κ2) is 7.62. The van der Waals surface area contributed by atoms with Crippen molar-refractivity contribution in [3.63, 3.8) is 0 Å². The van der Waals surface area contributed by atoms with E-state index in [0.29, 0.717) is 0 Å². The quantitative estimate of drug-likeness (QED) is 0.495. The molecule has 0 rings (SSSR count). The van der Waals surface area contributed by atoms with Crippen LogP contribution < -0.4 is 0 Å². The summed E-state index contributed by atoms with van der Waals surface area (Å²) in [6, 6.07) is 0. The second-order valence-corrected chi connectivity index (χ2v) is 25.7. The molecule has 5 heteroatoms. The van der Waals surface area contributed by atoms with Crippen LogP contribution in [0.5, 0.6) is 0 Å². The van der Waals surface area contributed by atoms with Gasteiger partial charge in [-0.05, 0) is 0 Å². The molecule has 25 heavy (non-hydrogen) atoms. The first-order chi connectivity index (χ1) is 10.6. The molecule has 152 valence electrons. The molecule has 0 spiro atoms. The Morgan fingerprint density at radius 3 is 0.640 bits per heavy atom. The second-order valence-electron chi connectivity index (χ2n) is 11.7. The minimum absolute atomic E-state index is 0.0725. The van der Waals surface area contributed by atoms with Gasteiger partial charge in [0, 0.05) is 0 Å². The molecular weight excluding hydrogens is 475 g/mol. The zero-order valence-corrected chi connectivity index (χ0v) is 23.9. The summed E-state index contributed by atoms with van der Waals surface area (Å²) >= 11 is -3.63. The van der Waals surface area contributed by atoms with Crippen LogP contribution in [0.15, 0.2) is 0 Å². The van der Waals surface area contributed by atoms with Crippen molar-refractivity contribution in [3.05, 3.63) is 0 Å². The molecule has 4 nitrogen and oxygen atoms in total. The summed E-state index contributed by atoms with van der Waals surface area (Å²) < 4.78 is 11.0. The first kappa shape index (κ1) is 25.7. The fourth-order valence-electron chi connectivity index (χ4n) is 5.11. The van der Waals surface area contributed by atoms with Crippen LogP contribution in [-0.2, 0) is 21.1 Å². The third-order valence-electron chi connectivity index (χ3n) is 4.48. The molecule has 0 aromatic rings. The van der Waals surface area contributed by atoms with Gasteiger partial charge < -0.3 is 0 Å². The third-order valence-corrected chi connectivity index (χ3v) is 27.1. The van der Waals surface area contributed by atoms with Gasteiger partial charge in [-0.2, -0.15) is 0 Å². The van der Waals surface area contributed by atoms with Crippen LogP contribution in [-0.4, -0.2) is 61.9 Å². The van der Waals surface area contributed by atoms with Crippen molar-refractivity contribution >= 4 is 0 Å². The van der Waals surface area contributed by atoms with Crippen molar-refractivity contribution in [2.24, 2.45) is 0 Å². The Morgan fingerprint density at radius 2 is 0.560 bits per heavy atom. The van der Waals surface area contributed by atoms with Gasteiger partial charge in [-0.3, -0.25) is 0 Å². The van der Waals surface area contributed by atoms with E-state index in [-0.39, 0.29) is 22.2 Å². The standard InChI is InChI=1S/2C8H18N.2C2H6N.Hf/c2*1-7(2,3)9-8(4,5)6;2*1-3-2;/h2*1-6H3;2*1-2H3;/q4*-1;+4. The van der Waals surface area contributed by atoms with E-state index in [1.54, 1.807) is 0 Å². The van der Waals surface area contributed by atoms with Crippen LogP contribution in [0.4, 0.5) is 0 Å². The van der Waals surface area contributed by atoms with Crippen molar-refractivity contribution in [2.45, 2.75) is 105 Å². The monoisotopic (exact) mass is 524 g/mol. The van der Waals surface area contributed by atoms with E-state index in [1.165, 1.54) is 0 Å². The average molecular weight is 523 g/mol.